The van der Waals surface area contributed by atoms with Gasteiger partial charge in [0.1, 0.15) is 11.5 Å². The number of carbonyl (C=O) groups excluding carboxylic acids is 1. The number of fused-ring (bicyclic) bond motifs is 1. The van der Waals surface area contributed by atoms with Crippen LogP contribution in [0.1, 0.15) is 18.9 Å². The molecule has 0 aromatic heterocycles. The van der Waals surface area contributed by atoms with Crippen molar-refractivity contribution in [2.24, 2.45) is 0 Å². The van der Waals surface area contributed by atoms with Crippen LogP contribution in [0.15, 0.2) is 36.4 Å². The first-order valence-corrected chi connectivity index (χ1v) is 12.2. The zero-order valence-corrected chi connectivity index (χ0v) is 15.3. The summed E-state index contributed by atoms with van der Waals surface area (Å²) in [7, 11) is 1.67. The number of ether oxygens (including phenoxy) is 1. The average Bonchev–Trinajstić information content (AvgIpc) is 2.46. The Labute approximate surface area is 137 Å². The molecule has 0 saturated carbocycles. The van der Waals surface area contributed by atoms with E-state index in [0.717, 1.165) is 17.6 Å². The standard InChI is InChI=1S/C15H16O2.I2/c1-11(16)3-4-12-5-6-14-10-15(17-2)8-7-13(14)9-12;1-2/h5-10H,3-4H2,1-2H3;. The molecule has 2 rings (SSSR count). The van der Waals surface area contributed by atoms with Gasteiger partial charge < -0.3 is 9.53 Å². The van der Waals surface area contributed by atoms with Gasteiger partial charge in [-0.05, 0) is 41.8 Å². The largest absolute Gasteiger partial charge is 0.497 e. The van der Waals surface area contributed by atoms with E-state index in [1.165, 1.54) is 10.9 Å². The van der Waals surface area contributed by atoms with Crippen LogP contribution in [0.2, 0.25) is 0 Å². The summed E-state index contributed by atoms with van der Waals surface area (Å²) in [4.78, 5) is 10.9. The lowest BCUT2D eigenvalue weighted by Gasteiger charge is -2.05. The highest BCUT2D eigenvalue weighted by atomic mass is 128. The predicted molar refractivity (Wildman–Crippen MR) is 97.5 cm³/mol. The maximum atomic E-state index is 10.9. The predicted octanol–water partition coefficient (Wildman–Crippen LogP) is 5.14. The third-order valence-corrected chi connectivity index (χ3v) is 2.88. The van der Waals surface area contributed by atoms with Gasteiger partial charge in [-0.2, -0.15) is 0 Å². The highest BCUT2D eigenvalue weighted by Crippen LogP contribution is 2.22. The zero-order chi connectivity index (χ0) is 14.3. The SMILES string of the molecule is COc1ccc2cc(CCC(C)=O)ccc2c1.II. The van der Waals surface area contributed by atoms with E-state index < -0.39 is 0 Å². The van der Waals surface area contributed by atoms with E-state index in [0.29, 0.717) is 6.42 Å². The van der Waals surface area contributed by atoms with Gasteiger partial charge in [0.25, 0.3) is 0 Å². The molecule has 0 N–H and O–H groups in total. The van der Waals surface area contributed by atoms with E-state index >= 15 is 0 Å². The van der Waals surface area contributed by atoms with Crippen LogP contribution in [0.5, 0.6) is 5.75 Å². The third-order valence-electron chi connectivity index (χ3n) is 2.88. The fraction of sp³-hybridized carbons (Fsp3) is 0.267. The lowest BCUT2D eigenvalue weighted by molar-refractivity contribution is -0.116. The van der Waals surface area contributed by atoms with E-state index in [1.807, 2.05) is 18.2 Å². The lowest BCUT2D eigenvalue weighted by Crippen LogP contribution is -1.93. The van der Waals surface area contributed by atoms with E-state index in [9.17, 15) is 4.79 Å². The molecule has 2 aromatic carbocycles. The maximum absolute atomic E-state index is 10.9. The molecule has 19 heavy (non-hydrogen) atoms. The summed E-state index contributed by atoms with van der Waals surface area (Å²) in [6.45, 7) is 1.63. The second-order valence-corrected chi connectivity index (χ2v) is 4.25. The van der Waals surface area contributed by atoms with Crippen LogP contribution in [0.4, 0.5) is 0 Å². The molecule has 0 fully saturated rings. The monoisotopic (exact) mass is 482 g/mol. The van der Waals surface area contributed by atoms with Crippen molar-refractivity contribution in [1.82, 2.24) is 0 Å². The summed E-state index contributed by atoms with van der Waals surface area (Å²) in [6.07, 6.45) is 1.43. The van der Waals surface area contributed by atoms with Gasteiger partial charge in [0.05, 0.1) is 7.11 Å². The van der Waals surface area contributed by atoms with Crippen molar-refractivity contribution in [3.8, 4) is 5.75 Å². The Hall–Kier alpha value is -0.370. The first kappa shape index (κ1) is 16.7. The molecule has 102 valence electrons. The van der Waals surface area contributed by atoms with Gasteiger partial charge in [0.15, 0.2) is 0 Å². The summed E-state index contributed by atoms with van der Waals surface area (Å²) in [6, 6.07) is 12.3. The van der Waals surface area contributed by atoms with Gasteiger partial charge in [0.2, 0.25) is 0 Å². The van der Waals surface area contributed by atoms with E-state index in [-0.39, 0.29) is 5.78 Å². The molecule has 0 aliphatic carbocycles. The van der Waals surface area contributed by atoms with Crippen molar-refractivity contribution < 1.29 is 9.53 Å². The van der Waals surface area contributed by atoms with Crippen LogP contribution in [0, 0.1) is 0 Å². The number of rotatable bonds is 4. The maximum Gasteiger partial charge on any atom is 0.130 e. The minimum Gasteiger partial charge on any atom is -0.497 e. The minimum absolute atomic E-state index is 0.236. The normalized spacial score (nSPS) is 9.68. The van der Waals surface area contributed by atoms with Crippen molar-refractivity contribution in [2.45, 2.75) is 19.8 Å². The van der Waals surface area contributed by atoms with Crippen molar-refractivity contribution in [3.05, 3.63) is 42.0 Å². The average molecular weight is 482 g/mol. The Morgan fingerprint density at radius 1 is 1.11 bits per heavy atom. The van der Waals surface area contributed by atoms with E-state index in [1.54, 1.807) is 14.0 Å². The van der Waals surface area contributed by atoms with Gasteiger partial charge in [-0.25, -0.2) is 0 Å². The summed E-state index contributed by atoms with van der Waals surface area (Å²) in [5, 5.41) is 2.35. The lowest BCUT2D eigenvalue weighted by atomic mass is 10.0. The van der Waals surface area contributed by atoms with Gasteiger partial charge in [-0.15, -0.1) is 0 Å². The first-order valence-electron chi connectivity index (χ1n) is 5.89. The Kier molecular flexibility index (Phi) is 7.67. The Morgan fingerprint density at radius 2 is 1.74 bits per heavy atom. The smallest absolute Gasteiger partial charge is 0.130 e. The molecule has 0 unspecified atom stereocenters. The number of hydrogen-bond donors (Lipinski definition) is 0. The Bertz CT molecular complexity index is 553. The van der Waals surface area contributed by atoms with Crippen molar-refractivity contribution in [3.63, 3.8) is 0 Å². The summed E-state index contributed by atoms with van der Waals surface area (Å²) in [5.74, 6) is 1.11. The van der Waals surface area contributed by atoms with Crippen molar-refractivity contribution in [1.29, 1.82) is 0 Å². The van der Waals surface area contributed by atoms with Crippen LogP contribution >= 0.6 is 37.2 Å². The number of aryl methyl sites for hydroxylation is 1. The third kappa shape index (κ3) is 5.25. The molecule has 0 saturated heterocycles. The number of halogens is 2. The van der Waals surface area contributed by atoms with Crippen molar-refractivity contribution >= 4 is 53.8 Å². The quantitative estimate of drug-likeness (QED) is 0.565. The van der Waals surface area contributed by atoms with Crippen LogP contribution < -0.4 is 4.74 Å². The number of hydrogen-bond acceptors (Lipinski definition) is 2. The molecule has 2 aromatic rings. The van der Waals surface area contributed by atoms with Gasteiger partial charge in [-0.3, -0.25) is 0 Å². The highest BCUT2D eigenvalue weighted by molar-refractivity contribution is 15.0. The summed E-state index contributed by atoms with van der Waals surface area (Å²) < 4.78 is 5.19. The summed E-state index contributed by atoms with van der Waals surface area (Å²) in [5.41, 5.74) is 1.21. The van der Waals surface area contributed by atoms with Crippen LogP contribution in [-0.2, 0) is 11.2 Å². The molecular formula is C15H16I2O2. The summed E-state index contributed by atoms with van der Waals surface area (Å²) >= 11 is 4.24. The van der Waals surface area contributed by atoms with E-state index in [4.69, 9.17) is 4.74 Å². The topological polar surface area (TPSA) is 26.3 Å². The van der Waals surface area contributed by atoms with Crippen LogP contribution in [0.3, 0.4) is 0 Å². The number of methoxy groups -OCH3 is 1. The molecule has 2 nitrogen and oxygen atoms in total. The molecule has 4 heteroatoms. The molecule has 0 spiro atoms. The second kappa shape index (κ2) is 8.73. The zero-order valence-electron chi connectivity index (χ0n) is 11.0. The molecular weight excluding hydrogens is 466 g/mol. The van der Waals surface area contributed by atoms with E-state index in [2.05, 4.69) is 55.4 Å². The fourth-order valence-corrected chi connectivity index (χ4v) is 1.88. The minimum atomic E-state index is 0.236. The molecule has 0 bridgehead atoms. The first-order chi connectivity index (χ1) is 9.19. The fourth-order valence-electron chi connectivity index (χ4n) is 1.88. The number of ketones is 1. The van der Waals surface area contributed by atoms with Gasteiger partial charge >= 0.3 is 0 Å². The molecule has 0 amide bonds. The molecule has 0 aliphatic rings. The molecule has 0 heterocycles. The van der Waals surface area contributed by atoms with Crippen LogP contribution in [0.25, 0.3) is 10.8 Å². The Morgan fingerprint density at radius 3 is 2.37 bits per heavy atom. The van der Waals surface area contributed by atoms with Gasteiger partial charge in [-0.1, -0.05) is 24.3 Å². The number of benzene rings is 2. The number of Topliss-reactive ketones (excluding diaryl/α,β-unsaturated/α-hetero) is 1. The molecule has 0 atom stereocenters. The second-order valence-electron chi connectivity index (χ2n) is 4.25. The van der Waals surface area contributed by atoms with Crippen LogP contribution in [-0.4, -0.2) is 12.9 Å². The number of carbonyl (C=O) groups is 1. The highest BCUT2D eigenvalue weighted by Gasteiger charge is 2.00. The molecule has 0 radical (unpaired) electrons. The van der Waals surface area contributed by atoms with Crippen molar-refractivity contribution in [2.75, 3.05) is 7.11 Å². The molecule has 0 aliphatic heterocycles. The Balaban J connectivity index is 0.000000861. The van der Waals surface area contributed by atoms with Gasteiger partial charge in [0, 0.05) is 43.7 Å².